The number of rotatable bonds is 7. The lowest BCUT2D eigenvalue weighted by Gasteiger charge is -2.19. The van der Waals surface area contributed by atoms with Gasteiger partial charge in [0.05, 0.1) is 40.2 Å². The van der Waals surface area contributed by atoms with Gasteiger partial charge in [0.15, 0.2) is 5.69 Å². The third-order valence-corrected chi connectivity index (χ3v) is 6.16. The van der Waals surface area contributed by atoms with E-state index in [0.717, 1.165) is 34.8 Å². The molecule has 0 saturated carbocycles. The van der Waals surface area contributed by atoms with Crippen molar-refractivity contribution < 1.29 is 18.2 Å². The molecular formula is C26H21F3N5S+. The van der Waals surface area contributed by atoms with Gasteiger partial charge in [-0.2, -0.15) is 18.4 Å². The van der Waals surface area contributed by atoms with Gasteiger partial charge in [0.2, 0.25) is 0 Å². The third kappa shape index (κ3) is 5.91. The molecule has 1 aromatic heterocycles. The largest absolute Gasteiger partial charge is 0.417 e. The molecule has 0 aliphatic rings. The minimum absolute atomic E-state index is 0.0735. The number of hydrogen-bond acceptors (Lipinski definition) is 5. The van der Waals surface area contributed by atoms with Crippen LogP contribution in [0.4, 0.5) is 24.7 Å². The molecule has 0 unspecified atom stereocenters. The number of H-pyrrole nitrogens is 1. The highest BCUT2D eigenvalue weighted by atomic mass is 32.2. The minimum atomic E-state index is -4.44. The van der Waals surface area contributed by atoms with Gasteiger partial charge in [0.1, 0.15) is 6.20 Å². The molecule has 2 N–H and O–H groups in total. The van der Waals surface area contributed by atoms with Gasteiger partial charge in [-0.3, -0.25) is 0 Å². The summed E-state index contributed by atoms with van der Waals surface area (Å²) in [4.78, 5) is 9.60. The van der Waals surface area contributed by atoms with E-state index in [2.05, 4.69) is 25.7 Å². The average molecular weight is 493 g/mol. The van der Waals surface area contributed by atoms with Crippen molar-refractivity contribution in [2.75, 3.05) is 16.7 Å². The van der Waals surface area contributed by atoms with Crippen molar-refractivity contribution in [2.24, 2.45) is 0 Å². The maximum atomic E-state index is 13.3. The van der Waals surface area contributed by atoms with Crippen LogP contribution in [0.25, 0.3) is 11.3 Å². The van der Waals surface area contributed by atoms with Gasteiger partial charge in [-0.05, 0) is 42.0 Å². The van der Waals surface area contributed by atoms with E-state index in [0.29, 0.717) is 23.6 Å². The van der Waals surface area contributed by atoms with Gasteiger partial charge in [-0.1, -0.05) is 36.4 Å². The van der Waals surface area contributed by atoms with Gasteiger partial charge in [-0.15, -0.1) is 0 Å². The van der Waals surface area contributed by atoms with Crippen molar-refractivity contribution in [3.63, 3.8) is 0 Å². The molecule has 0 aliphatic carbocycles. The number of aromatic amines is 1. The van der Waals surface area contributed by atoms with Crippen LogP contribution in [0.15, 0.2) is 90.1 Å². The monoisotopic (exact) mass is 492 g/mol. The van der Waals surface area contributed by atoms with Crippen LogP contribution in [0.2, 0.25) is 0 Å². The number of aromatic nitrogens is 2. The first-order valence-electron chi connectivity index (χ1n) is 10.6. The minimum Gasteiger partial charge on any atom is -0.370 e. The van der Waals surface area contributed by atoms with E-state index in [1.807, 2.05) is 43.4 Å². The number of nitriles is 1. The molecule has 176 valence electrons. The Labute approximate surface area is 205 Å². The van der Waals surface area contributed by atoms with Crippen molar-refractivity contribution >= 4 is 23.5 Å². The zero-order valence-corrected chi connectivity index (χ0v) is 19.5. The SMILES string of the molecule is CN(Cc1ccc(-c2ncc[nH+]c2NSc2ccccc2C(F)(F)F)cc1)c1ccc(C#N)cc1. The summed E-state index contributed by atoms with van der Waals surface area (Å²) < 4.78 is 42.9. The highest BCUT2D eigenvalue weighted by Crippen LogP contribution is 2.37. The van der Waals surface area contributed by atoms with Crippen molar-refractivity contribution in [3.8, 4) is 17.3 Å². The molecule has 0 aliphatic heterocycles. The number of anilines is 2. The van der Waals surface area contributed by atoms with Gasteiger partial charge >= 0.3 is 12.0 Å². The summed E-state index contributed by atoms with van der Waals surface area (Å²) in [6.45, 7) is 0.662. The number of nitrogens with zero attached hydrogens (tertiary/aromatic N) is 3. The Bertz CT molecular complexity index is 1330. The van der Waals surface area contributed by atoms with Crippen LogP contribution in [0.1, 0.15) is 16.7 Å². The summed E-state index contributed by atoms with van der Waals surface area (Å²) in [5, 5.41) is 8.96. The molecular weight excluding hydrogens is 471 g/mol. The van der Waals surface area contributed by atoms with Crippen LogP contribution in [0.5, 0.6) is 0 Å². The Morgan fingerprint density at radius 2 is 1.74 bits per heavy atom. The van der Waals surface area contributed by atoms with Crippen molar-refractivity contribution in [2.45, 2.75) is 17.6 Å². The van der Waals surface area contributed by atoms with Crippen molar-refractivity contribution in [1.29, 1.82) is 5.26 Å². The summed E-state index contributed by atoms with van der Waals surface area (Å²) in [5.41, 5.74) is 3.40. The fourth-order valence-electron chi connectivity index (χ4n) is 3.48. The van der Waals surface area contributed by atoms with E-state index in [4.69, 9.17) is 5.26 Å². The second-order valence-corrected chi connectivity index (χ2v) is 8.57. The highest BCUT2D eigenvalue weighted by Gasteiger charge is 2.34. The summed E-state index contributed by atoms with van der Waals surface area (Å²) in [5.74, 6) is 0.497. The molecule has 0 amide bonds. The first-order valence-corrected chi connectivity index (χ1v) is 11.4. The van der Waals surface area contributed by atoms with Gasteiger partial charge < -0.3 is 4.90 Å². The number of hydrogen-bond donors (Lipinski definition) is 1. The van der Waals surface area contributed by atoms with Crippen molar-refractivity contribution in [3.05, 3.63) is 102 Å². The smallest absolute Gasteiger partial charge is 0.370 e. The molecule has 1 heterocycles. The topological polar surface area (TPSA) is 66.1 Å². The quantitative estimate of drug-likeness (QED) is 0.311. The van der Waals surface area contributed by atoms with Crippen LogP contribution in [-0.2, 0) is 12.7 Å². The zero-order valence-electron chi connectivity index (χ0n) is 18.7. The fraction of sp³-hybridized carbons (Fsp3) is 0.115. The first kappa shape index (κ1) is 24.1. The normalized spacial score (nSPS) is 11.1. The Kier molecular flexibility index (Phi) is 7.22. The molecule has 0 saturated heterocycles. The molecule has 0 spiro atoms. The van der Waals surface area contributed by atoms with Crippen LogP contribution in [0, 0.1) is 11.3 Å². The van der Waals surface area contributed by atoms with Gasteiger partial charge in [0.25, 0.3) is 0 Å². The second-order valence-electron chi connectivity index (χ2n) is 7.72. The lowest BCUT2D eigenvalue weighted by Crippen LogP contribution is -2.16. The van der Waals surface area contributed by atoms with Crippen LogP contribution in [0.3, 0.4) is 0 Å². The van der Waals surface area contributed by atoms with Gasteiger partial charge in [-0.25, -0.2) is 14.7 Å². The number of benzene rings is 3. The zero-order chi connectivity index (χ0) is 24.8. The fourth-order valence-corrected chi connectivity index (χ4v) is 4.29. The molecule has 5 nitrogen and oxygen atoms in total. The molecule has 0 atom stereocenters. The maximum absolute atomic E-state index is 13.3. The summed E-state index contributed by atoms with van der Waals surface area (Å²) in [6.07, 6.45) is -1.22. The van der Waals surface area contributed by atoms with Crippen LogP contribution >= 0.6 is 11.9 Å². The average Bonchev–Trinajstić information content (AvgIpc) is 2.88. The molecule has 0 radical (unpaired) electrons. The molecule has 4 aromatic rings. The molecule has 3 aromatic carbocycles. The lowest BCUT2D eigenvalue weighted by atomic mass is 10.1. The Morgan fingerprint density at radius 1 is 1.03 bits per heavy atom. The van der Waals surface area contributed by atoms with E-state index in [1.54, 1.807) is 30.6 Å². The lowest BCUT2D eigenvalue weighted by molar-refractivity contribution is -0.360. The predicted octanol–water partition coefficient (Wildman–Crippen LogP) is 6.21. The van der Waals surface area contributed by atoms with E-state index in [9.17, 15) is 13.2 Å². The maximum Gasteiger partial charge on any atom is 0.417 e. The Hall–Kier alpha value is -4.03. The third-order valence-electron chi connectivity index (χ3n) is 5.28. The molecule has 0 fully saturated rings. The molecule has 4 rings (SSSR count). The summed E-state index contributed by atoms with van der Waals surface area (Å²) >= 11 is 0.880. The summed E-state index contributed by atoms with van der Waals surface area (Å²) in [7, 11) is 1.97. The molecule has 35 heavy (non-hydrogen) atoms. The van der Waals surface area contributed by atoms with E-state index in [-0.39, 0.29) is 4.90 Å². The standard InChI is InChI=1S/C26H20F3N5S/c1-34(21-12-8-18(16-30)9-13-21)17-19-6-10-20(11-7-19)24-25(32-15-14-31-24)33-35-23-5-3-2-4-22(23)26(27,28)29/h2-15H,17H2,1H3,(H,32,33)/p+1. The summed E-state index contributed by atoms with van der Waals surface area (Å²) in [6, 6.07) is 22.7. The number of halogens is 3. The Balaban J connectivity index is 1.48. The van der Waals surface area contributed by atoms with E-state index in [1.165, 1.54) is 12.1 Å². The highest BCUT2D eigenvalue weighted by molar-refractivity contribution is 8.00. The molecule has 0 bridgehead atoms. The van der Waals surface area contributed by atoms with E-state index >= 15 is 0 Å². The van der Waals surface area contributed by atoms with Crippen LogP contribution in [-0.4, -0.2) is 12.0 Å². The van der Waals surface area contributed by atoms with Crippen molar-refractivity contribution in [1.82, 2.24) is 4.98 Å². The number of alkyl halides is 3. The van der Waals surface area contributed by atoms with Gasteiger partial charge in [0, 0.05) is 24.8 Å². The van der Waals surface area contributed by atoms with Crippen LogP contribution < -0.4 is 14.6 Å². The van der Waals surface area contributed by atoms with E-state index < -0.39 is 11.7 Å². The molecule has 9 heteroatoms. The first-order chi connectivity index (χ1) is 16.8. The number of nitrogens with one attached hydrogen (secondary N) is 2. The Morgan fingerprint density at radius 3 is 2.43 bits per heavy atom. The predicted molar refractivity (Wildman–Crippen MR) is 130 cm³/mol. The second kappa shape index (κ2) is 10.5.